The largest absolute Gasteiger partial charge is 0.338 e. The summed E-state index contributed by atoms with van der Waals surface area (Å²) in [6.45, 7) is 6.41. The predicted molar refractivity (Wildman–Crippen MR) is 55.6 cm³/mol. The van der Waals surface area contributed by atoms with Gasteiger partial charge >= 0.3 is 0 Å². The zero-order chi connectivity index (χ0) is 10.1. The van der Waals surface area contributed by atoms with Gasteiger partial charge < -0.3 is 10.2 Å². The average Bonchev–Trinajstić information content (AvgIpc) is 2.12. The van der Waals surface area contributed by atoms with Gasteiger partial charge in [-0.3, -0.25) is 4.79 Å². The minimum Gasteiger partial charge on any atom is -0.338 e. The Balaban J connectivity index is 3.98. The van der Waals surface area contributed by atoms with E-state index in [1.807, 2.05) is 18.9 Å². The molecule has 0 aliphatic heterocycles. The third-order valence-corrected chi connectivity index (χ3v) is 1.75. The van der Waals surface area contributed by atoms with E-state index >= 15 is 0 Å². The van der Waals surface area contributed by atoms with Gasteiger partial charge in [0, 0.05) is 19.6 Å². The first-order chi connectivity index (χ1) is 6.26. The zero-order valence-electron chi connectivity index (χ0n) is 8.84. The van der Waals surface area contributed by atoms with Crippen LogP contribution < -0.4 is 5.32 Å². The molecule has 0 saturated carbocycles. The topological polar surface area (TPSA) is 32.3 Å². The van der Waals surface area contributed by atoms with Crippen molar-refractivity contribution < 1.29 is 4.79 Å². The lowest BCUT2D eigenvalue weighted by molar-refractivity contribution is -0.126. The van der Waals surface area contributed by atoms with E-state index in [1.165, 1.54) is 0 Å². The Hall–Kier alpha value is -0.830. The molecule has 0 aromatic heterocycles. The van der Waals surface area contributed by atoms with Crippen LogP contribution in [-0.2, 0) is 4.79 Å². The maximum absolute atomic E-state index is 11.5. The predicted octanol–water partition coefficient (Wildman–Crippen LogP) is 1.02. The molecule has 0 radical (unpaired) electrons. The first-order valence-corrected chi connectivity index (χ1v) is 4.82. The lowest BCUT2D eigenvalue weighted by Crippen LogP contribution is -2.35. The number of rotatable bonds is 6. The molecule has 76 valence electrons. The van der Waals surface area contributed by atoms with Gasteiger partial charge in [-0.05, 0) is 26.5 Å². The van der Waals surface area contributed by atoms with Crippen molar-refractivity contribution in [2.24, 2.45) is 0 Å². The van der Waals surface area contributed by atoms with Gasteiger partial charge in [0.2, 0.25) is 5.91 Å². The van der Waals surface area contributed by atoms with Crippen LogP contribution in [0.25, 0.3) is 0 Å². The summed E-state index contributed by atoms with van der Waals surface area (Å²) >= 11 is 0. The molecule has 0 saturated heterocycles. The van der Waals surface area contributed by atoms with E-state index < -0.39 is 0 Å². The molecule has 0 aromatic rings. The van der Waals surface area contributed by atoms with E-state index in [0.29, 0.717) is 0 Å². The van der Waals surface area contributed by atoms with Crippen LogP contribution in [0.15, 0.2) is 12.2 Å². The van der Waals surface area contributed by atoms with E-state index in [2.05, 4.69) is 12.2 Å². The normalized spacial score (nSPS) is 10.7. The highest BCUT2D eigenvalue weighted by molar-refractivity contribution is 5.87. The van der Waals surface area contributed by atoms with Crippen molar-refractivity contribution in [2.75, 3.05) is 26.7 Å². The third kappa shape index (κ3) is 5.42. The summed E-state index contributed by atoms with van der Waals surface area (Å²) < 4.78 is 0. The highest BCUT2D eigenvalue weighted by Crippen LogP contribution is 1.93. The second-order valence-electron chi connectivity index (χ2n) is 2.93. The molecule has 0 unspecified atom stereocenters. The van der Waals surface area contributed by atoms with Gasteiger partial charge in [0.1, 0.15) is 0 Å². The molecule has 0 aromatic carbocycles. The van der Waals surface area contributed by atoms with Gasteiger partial charge in [0.05, 0.1) is 0 Å². The smallest absolute Gasteiger partial charge is 0.246 e. The maximum Gasteiger partial charge on any atom is 0.246 e. The molecule has 0 aliphatic rings. The Kier molecular flexibility index (Phi) is 7.30. The van der Waals surface area contributed by atoms with Crippen LogP contribution in [0.4, 0.5) is 0 Å². The Bertz CT molecular complexity index is 166. The quantitative estimate of drug-likeness (QED) is 0.625. The second-order valence-corrected chi connectivity index (χ2v) is 2.93. The van der Waals surface area contributed by atoms with Gasteiger partial charge in [0.25, 0.3) is 0 Å². The van der Waals surface area contributed by atoms with Gasteiger partial charge in [-0.2, -0.15) is 0 Å². The first-order valence-electron chi connectivity index (χ1n) is 4.82. The van der Waals surface area contributed by atoms with Crippen LogP contribution in [0.2, 0.25) is 0 Å². The summed E-state index contributed by atoms with van der Waals surface area (Å²) in [5.74, 6) is 0.111. The number of hydrogen-bond acceptors (Lipinski definition) is 2. The number of amides is 1. The highest BCUT2D eigenvalue weighted by Gasteiger charge is 2.07. The third-order valence-electron chi connectivity index (χ3n) is 1.75. The van der Waals surface area contributed by atoms with Gasteiger partial charge in [-0.15, -0.1) is 0 Å². The summed E-state index contributed by atoms with van der Waals surface area (Å²) in [5, 5.41) is 3.04. The molecule has 0 rings (SSSR count). The number of hydrogen-bond donors (Lipinski definition) is 1. The summed E-state index contributed by atoms with van der Waals surface area (Å²) in [6.07, 6.45) is 4.41. The lowest BCUT2D eigenvalue weighted by atomic mass is 10.3. The molecule has 3 heteroatoms. The summed E-state index contributed by atoms with van der Waals surface area (Å²) in [4.78, 5) is 13.3. The lowest BCUT2D eigenvalue weighted by Gasteiger charge is -2.20. The molecule has 3 nitrogen and oxygen atoms in total. The van der Waals surface area contributed by atoms with Crippen molar-refractivity contribution in [3.05, 3.63) is 12.2 Å². The number of carbonyl (C=O) groups is 1. The number of nitrogens with zero attached hydrogens (tertiary/aromatic N) is 1. The molecule has 0 aliphatic carbocycles. The fourth-order valence-electron chi connectivity index (χ4n) is 1.10. The maximum atomic E-state index is 11.5. The molecular formula is C10H20N2O. The van der Waals surface area contributed by atoms with Crippen molar-refractivity contribution in [1.82, 2.24) is 10.2 Å². The fourth-order valence-corrected chi connectivity index (χ4v) is 1.10. The standard InChI is InChI=1S/C10H20N2O/c1-4-6-10(13)12(8-5-2)9-7-11-3/h4,6,11H,5,7-9H2,1-3H3/b6-4-. The minimum atomic E-state index is 0.111. The van der Waals surface area contributed by atoms with Gasteiger partial charge in [0.15, 0.2) is 0 Å². The van der Waals surface area contributed by atoms with Crippen LogP contribution in [0.5, 0.6) is 0 Å². The molecule has 0 heterocycles. The monoisotopic (exact) mass is 184 g/mol. The number of likely N-dealkylation sites (N-methyl/N-ethyl adjacent to an activating group) is 1. The van der Waals surface area contributed by atoms with Crippen molar-refractivity contribution in [3.63, 3.8) is 0 Å². The van der Waals surface area contributed by atoms with Crippen LogP contribution >= 0.6 is 0 Å². The second kappa shape index (κ2) is 7.80. The van der Waals surface area contributed by atoms with Crippen LogP contribution in [0, 0.1) is 0 Å². The molecule has 0 fully saturated rings. The summed E-state index contributed by atoms with van der Waals surface area (Å²) in [6, 6.07) is 0. The van der Waals surface area contributed by atoms with Crippen molar-refractivity contribution in [1.29, 1.82) is 0 Å². The average molecular weight is 184 g/mol. The zero-order valence-corrected chi connectivity index (χ0v) is 8.84. The van der Waals surface area contributed by atoms with E-state index in [1.54, 1.807) is 12.2 Å². The van der Waals surface area contributed by atoms with E-state index in [-0.39, 0.29) is 5.91 Å². The van der Waals surface area contributed by atoms with E-state index in [9.17, 15) is 4.79 Å². The molecule has 0 atom stereocenters. The Morgan fingerprint density at radius 3 is 2.62 bits per heavy atom. The number of allylic oxidation sites excluding steroid dienone is 1. The van der Waals surface area contributed by atoms with Crippen LogP contribution in [0.1, 0.15) is 20.3 Å². The molecule has 0 bridgehead atoms. The Morgan fingerprint density at radius 2 is 2.15 bits per heavy atom. The molecule has 13 heavy (non-hydrogen) atoms. The molecular weight excluding hydrogens is 164 g/mol. The van der Waals surface area contributed by atoms with E-state index in [0.717, 1.165) is 26.1 Å². The van der Waals surface area contributed by atoms with Crippen LogP contribution in [-0.4, -0.2) is 37.5 Å². The SMILES string of the molecule is C/C=C\C(=O)N(CCC)CCNC. The number of carbonyl (C=O) groups excluding carboxylic acids is 1. The van der Waals surface area contributed by atoms with Crippen molar-refractivity contribution in [3.8, 4) is 0 Å². The number of nitrogens with one attached hydrogen (secondary N) is 1. The Labute approximate surface area is 80.8 Å². The molecule has 0 spiro atoms. The van der Waals surface area contributed by atoms with Crippen molar-refractivity contribution in [2.45, 2.75) is 20.3 Å². The Morgan fingerprint density at radius 1 is 1.46 bits per heavy atom. The van der Waals surface area contributed by atoms with E-state index in [4.69, 9.17) is 0 Å². The fraction of sp³-hybridized carbons (Fsp3) is 0.700. The first kappa shape index (κ1) is 12.2. The van der Waals surface area contributed by atoms with Crippen molar-refractivity contribution >= 4 is 5.91 Å². The highest BCUT2D eigenvalue weighted by atomic mass is 16.2. The summed E-state index contributed by atoms with van der Waals surface area (Å²) in [5.41, 5.74) is 0. The molecule has 1 amide bonds. The molecule has 1 N–H and O–H groups in total. The minimum absolute atomic E-state index is 0.111. The summed E-state index contributed by atoms with van der Waals surface area (Å²) in [7, 11) is 1.89. The van der Waals surface area contributed by atoms with Gasteiger partial charge in [-0.25, -0.2) is 0 Å². The van der Waals surface area contributed by atoms with Gasteiger partial charge in [-0.1, -0.05) is 13.0 Å². The van der Waals surface area contributed by atoms with Crippen LogP contribution in [0.3, 0.4) is 0 Å².